The van der Waals surface area contributed by atoms with Gasteiger partial charge in [0.2, 0.25) is 0 Å². The zero-order valence-electron chi connectivity index (χ0n) is 13.6. The smallest absolute Gasteiger partial charge is 0.410 e. The van der Waals surface area contributed by atoms with Crippen LogP contribution in [0.5, 0.6) is 5.75 Å². The van der Waals surface area contributed by atoms with Crippen molar-refractivity contribution >= 4 is 6.09 Å². The lowest BCUT2D eigenvalue weighted by atomic mass is 9.73. The van der Waals surface area contributed by atoms with E-state index in [0.717, 1.165) is 24.8 Å². The van der Waals surface area contributed by atoms with E-state index >= 15 is 0 Å². The van der Waals surface area contributed by atoms with Crippen LogP contribution < -0.4 is 4.74 Å². The van der Waals surface area contributed by atoms with Gasteiger partial charge in [-0.1, -0.05) is 38.5 Å². The Bertz CT molecular complexity index is 454. The molecule has 0 radical (unpaired) electrons. The number of nitrogens with zero attached hydrogens (tertiary/aromatic N) is 1. The van der Waals surface area contributed by atoms with E-state index in [2.05, 4.69) is 33.8 Å². The standard InChI is InChI=1S/C17H27NO2/c1-7-17(8-2,9-3)14-12-13(4)10-11-15(14)20-16(19)18(5)6/h10-12H,7-9H2,1-6H3. The molecule has 0 saturated heterocycles. The molecule has 0 unspecified atom stereocenters. The van der Waals surface area contributed by atoms with E-state index in [1.165, 1.54) is 10.5 Å². The summed E-state index contributed by atoms with van der Waals surface area (Å²) >= 11 is 0. The molecule has 1 rings (SSSR count). The van der Waals surface area contributed by atoms with Crippen LogP contribution in [0.25, 0.3) is 0 Å². The Morgan fingerprint density at radius 3 is 2.15 bits per heavy atom. The van der Waals surface area contributed by atoms with Crippen molar-refractivity contribution in [2.75, 3.05) is 14.1 Å². The van der Waals surface area contributed by atoms with Crippen LogP contribution in [-0.2, 0) is 5.41 Å². The number of carbonyl (C=O) groups excluding carboxylic acids is 1. The molecule has 0 atom stereocenters. The number of ether oxygens (including phenoxy) is 1. The van der Waals surface area contributed by atoms with Crippen LogP contribution >= 0.6 is 0 Å². The molecule has 3 nitrogen and oxygen atoms in total. The van der Waals surface area contributed by atoms with E-state index in [4.69, 9.17) is 4.74 Å². The summed E-state index contributed by atoms with van der Waals surface area (Å²) in [5.41, 5.74) is 2.43. The second-order valence-corrected chi connectivity index (χ2v) is 5.60. The molecule has 0 saturated carbocycles. The molecule has 0 heterocycles. The van der Waals surface area contributed by atoms with Crippen molar-refractivity contribution in [2.45, 2.75) is 52.4 Å². The molecule has 1 aromatic carbocycles. The van der Waals surface area contributed by atoms with E-state index in [0.29, 0.717) is 5.75 Å². The first-order chi connectivity index (χ1) is 9.40. The summed E-state index contributed by atoms with van der Waals surface area (Å²) in [6, 6.07) is 6.07. The molecule has 0 fully saturated rings. The molecule has 0 bridgehead atoms. The minimum Gasteiger partial charge on any atom is -0.410 e. The van der Waals surface area contributed by atoms with Gasteiger partial charge in [-0.15, -0.1) is 0 Å². The Labute approximate surface area is 122 Å². The second kappa shape index (κ2) is 6.78. The van der Waals surface area contributed by atoms with Crippen molar-refractivity contribution in [3.05, 3.63) is 29.3 Å². The predicted molar refractivity (Wildman–Crippen MR) is 83.4 cm³/mol. The van der Waals surface area contributed by atoms with Gasteiger partial charge in [0.15, 0.2) is 0 Å². The maximum Gasteiger partial charge on any atom is 0.414 e. The molecule has 0 aliphatic heterocycles. The average Bonchev–Trinajstić information content (AvgIpc) is 2.44. The van der Waals surface area contributed by atoms with E-state index in [1.54, 1.807) is 14.1 Å². The van der Waals surface area contributed by atoms with E-state index < -0.39 is 0 Å². The first kappa shape index (κ1) is 16.5. The fourth-order valence-corrected chi connectivity index (χ4v) is 2.65. The number of carbonyl (C=O) groups is 1. The lowest BCUT2D eigenvalue weighted by Crippen LogP contribution is -2.29. The maximum absolute atomic E-state index is 11.8. The molecule has 0 spiro atoms. The van der Waals surface area contributed by atoms with Crippen molar-refractivity contribution in [1.29, 1.82) is 0 Å². The molecule has 1 aromatic rings. The number of amides is 1. The molecule has 0 aromatic heterocycles. The van der Waals surface area contributed by atoms with Crippen molar-refractivity contribution in [1.82, 2.24) is 4.90 Å². The Morgan fingerprint density at radius 2 is 1.70 bits per heavy atom. The molecule has 112 valence electrons. The van der Waals surface area contributed by atoms with E-state index in [9.17, 15) is 4.79 Å². The number of rotatable bonds is 5. The Balaban J connectivity index is 3.29. The predicted octanol–water partition coefficient (Wildman–Crippen LogP) is 4.52. The Kier molecular flexibility index (Phi) is 5.61. The fraction of sp³-hybridized carbons (Fsp3) is 0.588. The van der Waals surface area contributed by atoms with Crippen LogP contribution in [-0.4, -0.2) is 25.1 Å². The van der Waals surface area contributed by atoms with Gasteiger partial charge in [0.25, 0.3) is 0 Å². The average molecular weight is 277 g/mol. The third kappa shape index (κ3) is 3.33. The van der Waals surface area contributed by atoms with E-state index in [1.807, 2.05) is 12.1 Å². The molecular weight excluding hydrogens is 250 g/mol. The first-order valence-electron chi connectivity index (χ1n) is 7.40. The summed E-state index contributed by atoms with van der Waals surface area (Å²) in [5.74, 6) is 0.694. The molecule has 1 amide bonds. The van der Waals surface area contributed by atoms with Gasteiger partial charge in [-0.25, -0.2) is 4.79 Å². The Hall–Kier alpha value is -1.51. The zero-order valence-corrected chi connectivity index (χ0v) is 13.6. The van der Waals surface area contributed by atoms with Crippen molar-refractivity contribution < 1.29 is 9.53 Å². The highest BCUT2D eigenvalue weighted by atomic mass is 16.6. The van der Waals surface area contributed by atoms with Crippen LogP contribution in [0.4, 0.5) is 4.79 Å². The van der Waals surface area contributed by atoms with Crippen molar-refractivity contribution in [3.8, 4) is 5.75 Å². The third-order valence-corrected chi connectivity index (χ3v) is 4.30. The molecular formula is C17H27NO2. The molecule has 3 heteroatoms. The first-order valence-corrected chi connectivity index (χ1v) is 7.40. The lowest BCUT2D eigenvalue weighted by molar-refractivity contribution is 0.170. The topological polar surface area (TPSA) is 29.5 Å². The molecule has 0 N–H and O–H groups in total. The molecule has 20 heavy (non-hydrogen) atoms. The van der Waals surface area contributed by atoms with Gasteiger partial charge in [-0.2, -0.15) is 0 Å². The quantitative estimate of drug-likeness (QED) is 0.791. The van der Waals surface area contributed by atoms with Gasteiger partial charge in [0.05, 0.1) is 0 Å². The lowest BCUT2D eigenvalue weighted by Gasteiger charge is -2.33. The van der Waals surface area contributed by atoms with Gasteiger partial charge < -0.3 is 9.64 Å². The monoisotopic (exact) mass is 277 g/mol. The third-order valence-electron chi connectivity index (χ3n) is 4.30. The number of hydrogen-bond donors (Lipinski definition) is 0. The summed E-state index contributed by atoms with van der Waals surface area (Å²) < 4.78 is 5.56. The summed E-state index contributed by atoms with van der Waals surface area (Å²) in [4.78, 5) is 13.3. The second-order valence-electron chi connectivity index (χ2n) is 5.60. The highest BCUT2D eigenvalue weighted by Gasteiger charge is 2.30. The maximum atomic E-state index is 11.8. The summed E-state index contributed by atoms with van der Waals surface area (Å²) in [7, 11) is 3.39. The van der Waals surface area contributed by atoms with E-state index in [-0.39, 0.29) is 11.5 Å². The minimum atomic E-state index is -0.327. The van der Waals surface area contributed by atoms with Gasteiger partial charge in [0, 0.05) is 19.7 Å². The van der Waals surface area contributed by atoms with Crippen LogP contribution in [0.1, 0.15) is 51.2 Å². The highest BCUT2D eigenvalue weighted by Crippen LogP contribution is 2.40. The van der Waals surface area contributed by atoms with Gasteiger partial charge in [0.1, 0.15) is 5.75 Å². The fourth-order valence-electron chi connectivity index (χ4n) is 2.65. The number of aryl methyl sites for hydroxylation is 1. The van der Waals surface area contributed by atoms with Gasteiger partial charge >= 0.3 is 6.09 Å². The van der Waals surface area contributed by atoms with Crippen molar-refractivity contribution in [2.24, 2.45) is 0 Å². The van der Waals surface area contributed by atoms with Gasteiger partial charge in [-0.3, -0.25) is 0 Å². The van der Waals surface area contributed by atoms with Gasteiger partial charge in [-0.05, 0) is 37.7 Å². The number of hydrogen-bond acceptors (Lipinski definition) is 2. The van der Waals surface area contributed by atoms with Crippen LogP contribution in [0, 0.1) is 6.92 Å². The summed E-state index contributed by atoms with van der Waals surface area (Å²) in [6.45, 7) is 8.68. The molecule has 0 aliphatic rings. The molecule has 0 aliphatic carbocycles. The van der Waals surface area contributed by atoms with Crippen molar-refractivity contribution in [3.63, 3.8) is 0 Å². The van der Waals surface area contributed by atoms with Crippen LogP contribution in [0.3, 0.4) is 0 Å². The Morgan fingerprint density at radius 1 is 1.15 bits per heavy atom. The van der Waals surface area contributed by atoms with Crippen LogP contribution in [0.15, 0.2) is 18.2 Å². The minimum absolute atomic E-state index is 0.0773. The summed E-state index contributed by atoms with van der Waals surface area (Å²) in [5, 5.41) is 0. The number of benzene rings is 1. The highest BCUT2D eigenvalue weighted by molar-refractivity contribution is 5.70. The van der Waals surface area contributed by atoms with Crippen LogP contribution in [0.2, 0.25) is 0 Å². The normalized spacial score (nSPS) is 11.3. The summed E-state index contributed by atoms with van der Waals surface area (Å²) in [6.07, 6.45) is 2.79. The zero-order chi connectivity index (χ0) is 15.3. The largest absolute Gasteiger partial charge is 0.414 e. The SMILES string of the molecule is CCC(CC)(CC)c1cc(C)ccc1OC(=O)N(C)C.